The highest BCUT2D eigenvalue weighted by atomic mass is 16.4. The fourth-order valence-electron chi connectivity index (χ4n) is 2.46. The van der Waals surface area contributed by atoms with Crippen LogP contribution in [0.25, 0.3) is 10.9 Å². The van der Waals surface area contributed by atoms with Gasteiger partial charge in [0.15, 0.2) is 5.69 Å². The molecule has 118 valence electrons. The minimum atomic E-state index is -1.03. The number of aliphatic carboxylic acids is 1. The molecule has 0 atom stereocenters. The van der Waals surface area contributed by atoms with Crippen LogP contribution in [-0.4, -0.2) is 44.8 Å². The van der Waals surface area contributed by atoms with E-state index in [-0.39, 0.29) is 17.9 Å². The molecule has 1 aromatic heterocycles. The Morgan fingerprint density at radius 3 is 2.50 bits per heavy atom. The zero-order valence-corrected chi connectivity index (χ0v) is 13.3. The number of aromatic nitrogens is 2. The number of carboxylic acids is 1. The van der Waals surface area contributed by atoms with Gasteiger partial charge in [-0.3, -0.25) is 14.3 Å². The molecule has 6 nitrogen and oxygen atoms in total. The molecule has 2 aromatic rings. The molecule has 1 heterocycles. The summed E-state index contributed by atoms with van der Waals surface area (Å²) in [6.07, 6.45) is 0. The van der Waals surface area contributed by atoms with Crippen molar-refractivity contribution in [2.24, 2.45) is 12.5 Å². The second kappa shape index (κ2) is 5.79. The van der Waals surface area contributed by atoms with Gasteiger partial charge < -0.3 is 10.0 Å². The number of amides is 1. The van der Waals surface area contributed by atoms with Gasteiger partial charge >= 0.3 is 5.97 Å². The standard InChI is InChI=1S/C16H21N3O3/c1-16(2,3)10-19(9-13(20)21)15(22)14-11-7-5-6-8-12(11)18(4)17-14/h5-8H,9-10H2,1-4H3,(H,20,21). The van der Waals surface area contributed by atoms with Crippen LogP contribution in [0.4, 0.5) is 0 Å². The van der Waals surface area contributed by atoms with E-state index in [1.807, 2.05) is 45.0 Å². The number of carbonyl (C=O) groups excluding carboxylic acids is 1. The lowest BCUT2D eigenvalue weighted by molar-refractivity contribution is -0.138. The molecule has 1 N–H and O–H groups in total. The summed E-state index contributed by atoms with van der Waals surface area (Å²) in [6.45, 7) is 5.91. The molecule has 0 aliphatic carbocycles. The average molecular weight is 303 g/mol. The van der Waals surface area contributed by atoms with Crippen molar-refractivity contribution >= 4 is 22.8 Å². The van der Waals surface area contributed by atoms with Crippen molar-refractivity contribution in [1.29, 1.82) is 0 Å². The van der Waals surface area contributed by atoms with Gasteiger partial charge in [-0.25, -0.2) is 0 Å². The molecule has 0 radical (unpaired) electrons. The van der Waals surface area contributed by atoms with Crippen LogP contribution in [-0.2, 0) is 11.8 Å². The number of aryl methyl sites for hydroxylation is 1. The van der Waals surface area contributed by atoms with E-state index in [2.05, 4.69) is 5.10 Å². The summed E-state index contributed by atoms with van der Waals surface area (Å²) in [5.41, 5.74) is 0.941. The molecule has 0 aliphatic heterocycles. The number of carbonyl (C=O) groups is 2. The van der Waals surface area contributed by atoms with Crippen molar-refractivity contribution < 1.29 is 14.7 Å². The first-order valence-corrected chi connectivity index (χ1v) is 7.12. The molecule has 6 heteroatoms. The Hall–Kier alpha value is -2.37. The number of hydrogen-bond acceptors (Lipinski definition) is 3. The summed E-state index contributed by atoms with van der Waals surface area (Å²) in [5.74, 6) is -1.38. The molecule has 0 fully saturated rings. The van der Waals surface area contributed by atoms with E-state index in [1.165, 1.54) is 4.90 Å². The highest BCUT2D eigenvalue weighted by Crippen LogP contribution is 2.21. The fraction of sp³-hybridized carbons (Fsp3) is 0.438. The van der Waals surface area contributed by atoms with Crippen LogP contribution >= 0.6 is 0 Å². The first-order valence-electron chi connectivity index (χ1n) is 7.12. The molecular formula is C16H21N3O3. The van der Waals surface area contributed by atoms with E-state index in [9.17, 15) is 9.59 Å². The van der Waals surface area contributed by atoms with E-state index >= 15 is 0 Å². The zero-order valence-electron chi connectivity index (χ0n) is 13.3. The number of nitrogens with zero attached hydrogens (tertiary/aromatic N) is 3. The topological polar surface area (TPSA) is 75.4 Å². The van der Waals surface area contributed by atoms with Crippen molar-refractivity contribution in [3.05, 3.63) is 30.0 Å². The summed E-state index contributed by atoms with van der Waals surface area (Å²) in [6, 6.07) is 7.42. The zero-order chi connectivity index (χ0) is 16.5. The number of hydrogen-bond donors (Lipinski definition) is 1. The Bertz CT molecular complexity index is 713. The first-order chi connectivity index (χ1) is 10.2. The SMILES string of the molecule is Cn1nc(C(=O)N(CC(=O)O)CC(C)(C)C)c2ccccc21. The summed E-state index contributed by atoms with van der Waals surface area (Å²) < 4.78 is 1.64. The Balaban J connectivity index is 2.42. The summed E-state index contributed by atoms with van der Waals surface area (Å²) in [4.78, 5) is 25.2. The normalized spacial score (nSPS) is 11.6. The molecule has 0 aliphatic rings. The van der Waals surface area contributed by atoms with Crippen LogP contribution in [0.15, 0.2) is 24.3 Å². The molecule has 0 spiro atoms. The Morgan fingerprint density at radius 2 is 1.91 bits per heavy atom. The van der Waals surface area contributed by atoms with Gasteiger partial charge in [0, 0.05) is 19.0 Å². The fourth-order valence-corrected chi connectivity index (χ4v) is 2.46. The predicted molar refractivity (Wildman–Crippen MR) is 83.7 cm³/mol. The molecule has 0 unspecified atom stereocenters. The molecule has 1 amide bonds. The number of carboxylic acid groups (broad SMARTS) is 1. The molecule has 1 aromatic carbocycles. The van der Waals surface area contributed by atoms with Gasteiger partial charge in [0.2, 0.25) is 0 Å². The maximum absolute atomic E-state index is 12.8. The van der Waals surface area contributed by atoms with Crippen molar-refractivity contribution in [2.45, 2.75) is 20.8 Å². The van der Waals surface area contributed by atoms with Crippen molar-refractivity contribution in [3.63, 3.8) is 0 Å². The van der Waals surface area contributed by atoms with Crippen LogP contribution in [0.1, 0.15) is 31.3 Å². The smallest absolute Gasteiger partial charge is 0.323 e. The van der Waals surface area contributed by atoms with Gasteiger partial charge in [-0.2, -0.15) is 5.10 Å². The first kappa shape index (κ1) is 16.0. The van der Waals surface area contributed by atoms with Crippen LogP contribution in [0.2, 0.25) is 0 Å². The number of fused-ring (bicyclic) bond motifs is 1. The largest absolute Gasteiger partial charge is 0.480 e. The van der Waals surface area contributed by atoms with Gasteiger partial charge in [0.25, 0.3) is 5.91 Å². The third-order valence-corrected chi connectivity index (χ3v) is 3.24. The van der Waals surface area contributed by atoms with Crippen LogP contribution in [0.3, 0.4) is 0 Å². The third kappa shape index (κ3) is 3.44. The third-order valence-electron chi connectivity index (χ3n) is 3.24. The number of benzene rings is 1. The Kier molecular flexibility index (Phi) is 4.21. The van der Waals surface area contributed by atoms with E-state index < -0.39 is 5.97 Å². The van der Waals surface area contributed by atoms with Gasteiger partial charge in [-0.1, -0.05) is 39.0 Å². The lowest BCUT2D eigenvalue weighted by Gasteiger charge is -2.28. The Morgan fingerprint density at radius 1 is 1.27 bits per heavy atom. The van der Waals surface area contributed by atoms with Crippen molar-refractivity contribution in [2.75, 3.05) is 13.1 Å². The maximum Gasteiger partial charge on any atom is 0.323 e. The van der Waals surface area contributed by atoms with E-state index in [4.69, 9.17) is 5.11 Å². The maximum atomic E-state index is 12.8. The van der Waals surface area contributed by atoms with E-state index in [0.717, 1.165) is 10.9 Å². The summed E-state index contributed by atoms with van der Waals surface area (Å²) in [5, 5.41) is 14.1. The van der Waals surface area contributed by atoms with Crippen LogP contribution < -0.4 is 0 Å². The molecule has 0 saturated carbocycles. The van der Waals surface area contributed by atoms with Gasteiger partial charge in [-0.05, 0) is 11.5 Å². The molecule has 0 bridgehead atoms. The summed E-state index contributed by atoms with van der Waals surface area (Å²) >= 11 is 0. The molecular weight excluding hydrogens is 282 g/mol. The molecule has 0 saturated heterocycles. The lowest BCUT2D eigenvalue weighted by Crippen LogP contribution is -2.41. The van der Waals surface area contributed by atoms with Gasteiger partial charge in [0.1, 0.15) is 6.54 Å². The minimum Gasteiger partial charge on any atom is -0.480 e. The van der Waals surface area contributed by atoms with Gasteiger partial charge in [-0.15, -0.1) is 0 Å². The minimum absolute atomic E-state index is 0.199. The monoisotopic (exact) mass is 303 g/mol. The van der Waals surface area contributed by atoms with Gasteiger partial charge in [0.05, 0.1) is 5.52 Å². The highest BCUT2D eigenvalue weighted by molar-refractivity contribution is 6.05. The Labute approximate surface area is 129 Å². The average Bonchev–Trinajstić information content (AvgIpc) is 2.73. The molecule has 2 rings (SSSR count). The van der Waals surface area contributed by atoms with E-state index in [1.54, 1.807) is 11.7 Å². The molecule has 22 heavy (non-hydrogen) atoms. The number of para-hydroxylation sites is 1. The predicted octanol–water partition coefficient (Wildman–Crippen LogP) is 2.15. The second-order valence-electron chi connectivity index (χ2n) is 6.60. The second-order valence-corrected chi connectivity index (χ2v) is 6.60. The summed E-state index contributed by atoms with van der Waals surface area (Å²) in [7, 11) is 1.77. The highest BCUT2D eigenvalue weighted by Gasteiger charge is 2.27. The lowest BCUT2D eigenvalue weighted by atomic mass is 9.96. The number of rotatable bonds is 4. The van der Waals surface area contributed by atoms with Crippen molar-refractivity contribution in [3.8, 4) is 0 Å². The van der Waals surface area contributed by atoms with E-state index in [0.29, 0.717) is 12.2 Å². The van der Waals surface area contributed by atoms with Crippen LogP contribution in [0.5, 0.6) is 0 Å². The van der Waals surface area contributed by atoms with Crippen LogP contribution in [0, 0.1) is 5.41 Å². The quantitative estimate of drug-likeness (QED) is 0.939. The van der Waals surface area contributed by atoms with Crippen molar-refractivity contribution in [1.82, 2.24) is 14.7 Å².